The molecular weight excluding hydrogens is 472 g/mol. The lowest BCUT2D eigenvalue weighted by atomic mass is 10.3. The molecule has 158 valence electrons. The molecule has 2 aromatic carbocycles. The molecule has 0 spiro atoms. The molecule has 0 aliphatic rings. The second-order valence-electron chi connectivity index (χ2n) is 5.79. The third-order valence-electron chi connectivity index (χ3n) is 3.65. The van der Waals surface area contributed by atoms with Crippen LogP contribution >= 0.6 is 22.9 Å². The smallest absolute Gasteiger partial charge is 0.263 e. The van der Waals surface area contributed by atoms with Gasteiger partial charge >= 0.3 is 0 Å². The van der Waals surface area contributed by atoms with Crippen LogP contribution in [-0.2, 0) is 24.8 Å². The Hall–Kier alpha value is -2.51. The molecule has 0 radical (unpaired) electrons. The van der Waals surface area contributed by atoms with Gasteiger partial charge in [-0.2, -0.15) is 0 Å². The molecule has 0 unspecified atom stereocenters. The van der Waals surface area contributed by atoms with Crippen LogP contribution in [0.5, 0.6) is 0 Å². The summed E-state index contributed by atoms with van der Waals surface area (Å²) in [6.07, 6.45) is 1.47. The summed E-state index contributed by atoms with van der Waals surface area (Å²) in [6.45, 7) is -0.503. The number of hydrogen-bond acceptors (Lipinski definition) is 7. The van der Waals surface area contributed by atoms with Crippen molar-refractivity contribution in [3.8, 4) is 0 Å². The number of thiazole rings is 1. The maximum atomic E-state index is 12.3. The number of anilines is 2. The second kappa shape index (κ2) is 9.10. The monoisotopic (exact) mass is 486 g/mol. The number of carbonyl (C=O) groups is 1. The fourth-order valence-corrected chi connectivity index (χ4v) is 5.12. The van der Waals surface area contributed by atoms with E-state index in [1.165, 1.54) is 54.7 Å². The average molecular weight is 487 g/mol. The number of nitrogens with zero attached hydrogens (tertiary/aromatic N) is 1. The average Bonchev–Trinajstić information content (AvgIpc) is 3.19. The number of rotatable bonds is 8. The highest BCUT2D eigenvalue weighted by Gasteiger charge is 2.17. The summed E-state index contributed by atoms with van der Waals surface area (Å²) in [5.41, 5.74) is 0.305. The first kappa shape index (κ1) is 22.2. The van der Waals surface area contributed by atoms with E-state index in [4.69, 9.17) is 11.6 Å². The fourth-order valence-electron chi connectivity index (χ4n) is 2.23. The normalized spacial score (nSPS) is 11.8. The van der Waals surface area contributed by atoms with Crippen molar-refractivity contribution in [2.24, 2.45) is 0 Å². The lowest BCUT2D eigenvalue weighted by molar-refractivity contribution is -0.115. The Morgan fingerprint density at radius 3 is 2.13 bits per heavy atom. The quantitative estimate of drug-likeness (QED) is 0.448. The van der Waals surface area contributed by atoms with Crippen molar-refractivity contribution in [2.45, 2.75) is 9.79 Å². The molecule has 0 saturated heterocycles. The van der Waals surface area contributed by atoms with Crippen molar-refractivity contribution in [3.05, 3.63) is 65.1 Å². The molecule has 1 heterocycles. The van der Waals surface area contributed by atoms with Crippen LogP contribution in [0.1, 0.15) is 0 Å². The highest BCUT2D eigenvalue weighted by molar-refractivity contribution is 7.93. The van der Waals surface area contributed by atoms with Crippen LogP contribution in [0.15, 0.2) is 69.9 Å². The van der Waals surface area contributed by atoms with Gasteiger partial charge < -0.3 is 5.32 Å². The van der Waals surface area contributed by atoms with Crippen molar-refractivity contribution in [2.75, 3.05) is 16.6 Å². The van der Waals surface area contributed by atoms with Crippen molar-refractivity contribution >= 4 is 59.7 Å². The number of sulfonamides is 2. The predicted molar refractivity (Wildman–Crippen MR) is 115 cm³/mol. The molecule has 3 aromatic rings. The van der Waals surface area contributed by atoms with Crippen LogP contribution in [0.3, 0.4) is 0 Å². The van der Waals surface area contributed by atoms with Crippen molar-refractivity contribution in [3.63, 3.8) is 0 Å². The predicted octanol–water partition coefficient (Wildman–Crippen LogP) is 2.51. The molecule has 3 N–H and O–H groups in total. The molecule has 0 saturated carbocycles. The summed E-state index contributed by atoms with van der Waals surface area (Å²) in [4.78, 5) is 15.9. The Labute approximate surface area is 182 Å². The van der Waals surface area contributed by atoms with Gasteiger partial charge in [0, 0.05) is 22.3 Å². The van der Waals surface area contributed by atoms with Gasteiger partial charge in [0.25, 0.3) is 10.0 Å². The topological polar surface area (TPSA) is 134 Å². The van der Waals surface area contributed by atoms with E-state index < -0.39 is 32.5 Å². The van der Waals surface area contributed by atoms with Crippen molar-refractivity contribution in [1.82, 2.24) is 9.71 Å². The Morgan fingerprint density at radius 2 is 1.53 bits per heavy atom. The SMILES string of the molecule is O=C(CNS(=O)(=O)c1ccc(Cl)cc1)Nc1ccc(S(=O)(=O)Nc2nccs2)cc1. The first-order valence-electron chi connectivity index (χ1n) is 8.23. The Morgan fingerprint density at radius 1 is 0.933 bits per heavy atom. The van der Waals surface area contributed by atoms with Crippen molar-refractivity contribution < 1.29 is 21.6 Å². The van der Waals surface area contributed by atoms with E-state index in [0.29, 0.717) is 10.7 Å². The maximum Gasteiger partial charge on any atom is 0.263 e. The van der Waals surface area contributed by atoms with E-state index in [9.17, 15) is 21.6 Å². The molecule has 1 amide bonds. The number of amides is 1. The van der Waals surface area contributed by atoms with E-state index in [2.05, 4.69) is 19.7 Å². The third-order valence-corrected chi connectivity index (χ3v) is 7.49. The zero-order valence-electron chi connectivity index (χ0n) is 15.1. The number of carbonyl (C=O) groups excluding carboxylic acids is 1. The van der Waals surface area contributed by atoms with Gasteiger partial charge in [0.1, 0.15) is 0 Å². The molecule has 0 bridgehead atoms. The first-order chi connectivity index (χ1) is 14.2. The minimum atomic E-state index is -3.88. The molecule has 0 aliphatic heterocycles. The third kappa shape index (κ3) is 5.77. The number of halogens is 1. The zero-order chi connectivity index (χ0) is 21.8. The molecule has 0 fully saturated rings. The van der Waals surface area contributed by atoms with Gasteiger partial charge in [0.15, 0.2) is 5.13 Å². The Bertz CT molecular complexity index is 1230. The molecule has 0 atom stereocenters. The van der Waals surface area contributed by atoms with Crippen molar-refractivity contribution in [1.29, 1.82) is 0 Å². The van der Waals surface area contributed by atoms with Crippen LogP contribution in [0.2, 0.25) is 5.02 Å². The van der Waals surface area contributed by atoms with Gasteiger partial charge in [-0.15, -0.1) is 11.3 Å². The summed E-state index contributed by atoms with van der Waals surface area (Å²) in [7, 11) is -7.69. The van der Waals surface area contributed by atoms with Crippen LogP contribution in [0.25, 0.3) is 0 Å². The Kier molecular flexibility index (Phi) is 6.73. The first-order valence-corrected chi connectivity index (χ1v) is 12.5. The largest absolute Gasteiger partial charge is 0.325 e. The highest BCUT2D eigenvalue weighted by atomic mass is 35.5. The minimum Gasteiger partial charge on any atom is -0.325 e. The number of hydrogen-bond donors (Lipinski definition) is 3. The van der Waals surface area contributed by atoms with Gasteiger partial charge in [0.2, 0.25) is 15.9 Å². The van der Waals surface area contributed by atoms with E-state index in [0.717, 1.165) is 11.3 Å². The number of nitrogens with one attached hydrogen (secondary N) is 3. The molecule has 3 rings (SSSR count). The summed E-state index contributed by atoms with van der Waals surface area (Å²) in [6, 6.07) is 10.9. The van der Waals surface area contributed by atoms with Gasteiger partial charge in [-0.25, -0.2) is 26.5 Å². The van der Waals surface area contributed by atoms with Crippen LogP contribution < -0.4 is 14.8 Å². The second-order valence-corrected chi connectivity index (χ2v) is 10.6. The summed E-state index contributed by atoms with van der Waals surface area (Å²) >= 11 is 6.87. The standard InChI is InChI=1S/C17H15ClN4O5S3/c18-12-1-5-14(6-2-12)29(24,25)20-11-16(23)21-13-3-7-15(8-4-13)30(26,27)22-17-19-9-10-28-17/h1-10,20H,11H2,(H,19,22)(H,21,23). The zero-order valence-corrected chi connectivity index (χ0v) is 18.3. The van der Waals surface area contributed by atoms with Crippen LogP contribution in [0, 0.1) is 0 Å². The molecule has 9 nitrogen and oxygen atoms in total. The van der Waals surface area contributed by atoms with Gasteiger partial charge in [-0.05, 0) is 48.5 Å². The minimum absolute atomic E-state index is 0.0147. The maximum absolute atomic E-state index is 12.3. The lowest BCUT2D eigenvalue weighted by Crippen LogP contribution is -2.32. The molecule has 13 heteroatoms. The van der Waals surface area contributed by atoms with Crippen LogP contribution in [-0.4, -0.2) is 34.3 Å². The van der Waals surface area contributed by atoms with Gasteiger partial charge in [-0.1, -0.05) is 11.6 Å². The summed E-state index contributed by atoms with van der Waals surface area (Å²) in [5, 5.41) is 4.75. The van der Waals surface area contributed by atoms with Gasteiger partial charge in [-0.3, -0.25) is 9.52 Å². The summed E-state index contributed by atoms with van der Waals surface area (Å²) in [5.74, 6) is -0.621. The van der Waals surface area contributed by atoms with E-state index in [-0.39, 0.29) is 14.9 Å². The van der Waals surface area contributed by atoms with Gasteiger partial charge in [0.05, 0.1) is 16.3 Å². The molecule has 30 heavy (non-hydrogen) atoms. The summed E-state index contributed by atoms with van der Waals surface area (Å²) < 4.78 is 53.4. The molecular formula is C17H15ClN4O5S3. The molecule has 1 aromatic heterocycles. The van der Waals surface area contributed by atoms with E-state index >= 15 is 0 Å². The number of benzene rings is 2. The van der Waals surface area contributed by atoms with Crippen LogP contribution in [0.4, 0.5) is 10.8 Å². The lowest BCUT2D eigenvalue weighted by Gasteiger charge is -2.09. The Balaban J connectivity index is 1.58. The molecule has 0 aliphatic carbocycles. The fraction of sp³-hybridized carbons (Fsp3) is 0.0588. The van der Waals surface area contributed by atoms with E-state index in [1.807, 2.05) is 0 Å². The highest BCUT2D eigenvalue weighted by Crippen LogP contribution is 2.19. The number of aromatic nitrogens is 1. The van der Waals surface area contributed by atoms with E-state index in [1.54, 1.807) is 5.38 Å².